The number of nitrogens with zero attached hydrogens (tertiary/aromatic N) is 1. The maximum atomic E-state index is 11.2. The monoisotopic (exact) mass is 170 g/mol. The summed E-state index contributed by atoms with van der Waals surface area (Å²) in [6, 6.07) is -0.495. The fourth-order valence-corrected chi connectivity index (χ4v) is 0.721. The van der Waals surface area contributed by atoms with Crippen LogP contribution in [0.2, 0.25) is 0 Å². The number of hydrogen-bond donors (Lipinski definition) is 1. The molecule has 0 aliphatic heterocycles. The van der Waals surface area contributed by atoms with Crippen LogP contribution >= 0.6 is 0 Å². The highest BCUT2D eigenvalue weighted by atomic mass is 16.2. The molecule has 0 aliphatic carbocycles. The van der Waals surface area contributed by atoms with Crippen molar-refractivity contribution in [3.63, 3.8) is 0 Å². The summed E-state index contributed by atoms with van der Waals surface area (Å²) in [7, 11) is 3.28. The van der Waals surface area contributed by atoms with E-state index in [-0.39, 0.29) is 11.8 Å². The fraction of sp³-hybridized carbons (Fsp3) is 0.500. The third-order valence-electron chi connectivity index (χ3n) is 1.36. The minimum atomic E-state index is -0.495. The molecule has 0 unspecified atom stereocenters. The van der Waals surface area contributed by atoms with Crippen LogP contribution in [0.3, 0.4) is 0 Å². The second kappa shape index (κ2) is 4.54. The number of likely N-dealkylation sites (N-methyl/N-ethyl adjacent to an activating group) is 1. The number of nitrogens with one attached hydrogen (secondary N) is 1. The van der Waals surface area contributed by atoms with Crippen LogP contribution in [-0.4, -0.2) is 36.9 Å². The highest BCUT2D eigenvalue weighted by molar-refractivity contribution is 5.92. The van der Waals surface area contributed by atoms with E-state index in [2.05, 4.69) is 11.9 Å². The summed E-state index contributed by atoms with van der Waals surface area (Å²) < 4.78 is 0. The minimum Gasteiger partial charge on any atom is -0.347 e. The van der Waals surface area contributed by atoms with Gasteiger partial charge in [-0.2, -0.15) is 0 Å². The van der Waals surface area contributed by atoms with Gasteiger partial charge in [0.2, 0.25) is 11.8 Å². The molecule has 0 aliphatic rings. The van der Waals surface area contributed by atoms with E-state index in [0.29, 0.717) is 0 Å². The third-order valence-corrected chi connectivity index (χ3v) is 1.36. The molecule has 68 valence electrons. The molecule has 0 aromatic heterocycles. The first kappa shape index (κ1) is 10.7. The van der Waals surface area contributed by atoms with Gasteiger partial charge in [0.15, 0.2) is 0 Å². The smallest absolute Gasteiger partial charge is 0.244 e. The zero-order chi connectivity index (χ0) is 9.72. The molecule has 0 bridgehead atoms. The van der Waals surface area contributed by atoms with Gasteiger partial charge in [-0.15, -0.1) is 0 Å². The Balaban J connectivity index is 4.03. The van der Waals surface area contributed by atoms with Gasteiger partial charge in [0.1, 0.15) is 6.04 Å². The Morgan fingerprint density at radius 2 is 2.00 bits per heavy atom. The van der Waals surface area contributed by atoms with Crippen LogP contribution in [0.5, 0.6) is 0 Å². The Morgan fingerprint density at radius 3 is 2.33 bits per heavy atom. The van der Waals surface area contributed by atoms with Crippen LogP contribution in [0.1, 0.15) is 6.92 Å². The Bertz CT molecular complexity index is 199. The molecule has 0 aromatic carbocycles. The van der Waals surface area contributed by atoms with Crippen molar-refractivity contribution in [1.82, 2.24) is 10.2 Å². The van der Waals surface area contributed by atoms with Gasteiger partial charge in [0.05, 0.1) is 0 Å². The van der Waals surface area contributed by atoms with Crippen molar-refractivity contribution in [2.45, 2.75) is 13.0 Å². The van der Waals surface area contributed by atoms with Crippen LogP contribution < -0.4 is 5.32 Å². The number of rotatable bonds is 3. The number of carbonyl (C=O) groups excluding carboxylic acids is 2. The highest BCUT2D eigenvalue weighted by Gasteiger charge is 2.15. The molecule has 4 heteroatoms. The molecule has 12 heavy (non-hydrogen) atoms. The van der Waals surface area contributed by atoms with E-state index in [1.165, 1.54) is 4.90 Å². The lowest BCUT2D eigenvalue weighted by Gasteiger charge is -2.16. The number of carbonyl (C=O) groups is 2. The molecule has 4 nitrogen and oxygen atoms in total. The van der Waals surface area contributed by atoms with E-state index in [1.54, 1.807) is 21.0 Å². The first-order valence-electron chi connectivity index (χ1n) is 3.63. The standard InChI is InChI=1S/C8H14N2O2/c1-5-7(11)9-6(2)8(12)10(3)4/h5-6H,1H2,2-4H3,(H,9,11)/t6-/m0/s1. The van der Waals surface area contributed by atoms with Gasteiger partial charge >= 0.3 is 0 Å². The average molecular weight is 170 g/mol. The first-order chi connectivity index (χ1) is 5.49. The minimum absolute atomic E-state index is 0.134. The largest absolute Gasteiger partial charge is 0.347 e. The molecule has 1 atom stereocenters. The van der Waals surface area contributed by atoms with E-state index in [4.69, 9.17) is 0 Å². The second-order valence-electron chi connectivity index (χ2n) is 2.67. The van der Waals surface area contributed by atoms with Crippen LogP contribution in [-0.2, 0) is 9.59 Å². The summed E-state index contributed by atoms with van der Waals surface area (Å²) >= 11 is 0. The molecular formula is C8H14N2O2. The Kier molecular flexibility index (Phi) is 4.04. The Morgan fingerprint density at radius 1 is 1.50 bits per heavy atom. The zero-order valence-electron chi connectivity index (χ0n) is 7.63. The van der Waals surface area contributed by atoms with E-state index >= 15 is 0 Å². The van der Waals surface area contributed by atoms with Gasteiger partial charge in [0.25, 0.3) is 0 Å². The lowest BCUT2D eigenvalue weighted by Crippen LogP contribution is -2.43. The molecule has 0 heterocycles. The van der Waals surface area contributed by atoms with Crippen molar-refractivity contribution in [2.75, 3.05) is 14.1 Å². The van der Waals surface area contributed by atoms with Crippen molar-refractivity contribution >= 4 is 11.8 Å². The molecule has 0 aromatic rings. The van der Waals surface area contributed by atoms with Crippen molar-refractivity contribution in [3.05, 3.63) is 12.7 Å². The van der Waals surface area contributed by atoms with Gasteiger partial charge in [-0.1, -0.05) is 6.58 Å². The summed E-state index contributed by atoms with van der Waals surface area (Å²) in [4.78, 5) is 23.3. The van der Waals surface area contributed by atoms with Crippen LogP contribution in [0.15, 0.2) is 12.7 Å². The van der Waals surface area contributed by atoms with Crippen molar-refractivity contribution in [3.8, 4) is 0 Å². The quantitative estimate of drug-likeness (QED) is 0.594. The van der Waals surface area contributed by atoms with E-state index in [9.17, 15) is 9.59 Å². The van der Waals surface area contributed by atoms with Gasteiger partial charge in [0, 0.05) is 14.1 Å². The van der Waals surface area contributed by atoms with Crippen molar-refractivity contribution in [2.24, 2.45) is 0 Å². The van der Waals surface area contributed by atoms with E-state index < -0.39 is 6.04 Å². The predicted octanol–water partition coefficient (Wildman–Crippen LogP) is -0.235. The maximum absolute atomic E-state index is 11.2. The molecular weight excluding hydrogens is 156 g/mol. The van der Waals surface area contributed by atoms with Crippen LogP contribution in [0.4, 0.5) is 0 Å². The summed E-state index contributed by atoms with van der Waals surface area (Å²) in [6.07, 6.45) is 1.14. The number of hydrogen-bond acceptors (Lipinski definition) is 2. The molecule has 1 N–H and O–H groups in total. The summed E-state index contributed by atoms with van der Waals surface area (Å²) in [5.41, 5.74) is 0. The highest BCUT2D eigenvalue weighted by Crippen LogP contribution is 1.88. The molecule has 0 spiro atoms. The van der Waals surface area contributed by atoms with Gasteiger partial charge in [-0.25, -0.2) is 0 Å². The second-order valence-corrected chi connectivity index (χ2v) is 2.67. The molecule has 0 saturated heterocycles. The summed E-state index contributed by atoms with van der Waals surface area (Å²) in [5, 5.41) is 2.46. The zero-order valence-corrected chi connectivity index (χ0v) is 7.63. The molecule has 0 fully saturated rings. The molecule has 0 rings (SSSR count). The third kappa shape index (κ3) is 3.18. The van der Waals surface area contributed by atoms with Gasteiger partial charge in [-0.05, 0) is 13.0 Å². The normalized spacial score (nSPS) is 11.6. The van der Waals surface area contributed by atoms with Crippen molar-refractivity contribution < 1.29 is 9.59 Å². The van der Waals surface area contributed by atoms with E-state index in [0.717, 1.165) is 6.08 Å². The molecule has 2 amide bonds. The van der Waals surface area contributed by atoms with E-state index in [1.807, 2.05) is 0 Å². The summed E-state index contributed by atoms with van der Waals surface area (Å²) in [5.74, 6) is -0.470. The first-order valence-corrected chi connectivity index (χ1v) is 3.63. The van der Waals surface area contributed by atoms with Crippen LogP contribution in [0, 0.1) is 0 Å². The SMILES string of the molecule is C=CC(=O)N[C@@H](C)C(=O)N(C)C. The average Bonchev–Trinajstić information content (AvgIpc) is 2.02. The lowest BCUT2D eigenvalue weighted by atomic mass is 10.3. The van der Waals surface area contributed by atoms with Crippen molar-refractivity contribution in [1.29, 1.82) is 0 Å². The van der Waals surface area contributed by atoms with Gasteiger partial charge < -0.3 is 10.2 Å². The molecule has 0 radical (unpaired) electrons. The topological polar surface area (TPSA) is 49.4 Å². The maximum Gasteiger partial charge on any atom is 0.244 e. The van der Waals surface area contributed by atoms with Gasteiger partial charge in [-0.3, -0.25) is 9.59 Å². The molecule has 0 saturated carbocycles. The van der Waals surface area contributed by atoms with Crippen LogP contribution in [0.25, 0.3) is 0 Å². The number of amides is 2. The Hall–Kier alpha value is -1.32. The fourth-order valence-electron chi connectivity index (χ4n) is 0.721. The predicted molar refractivity (Wildman–Crippen MR) is 46.5 cm³/mol. The lowest BCUT2D eigenvalue weighted by molar-refractivity contribution is -0.132. The summed E-state index contributed by atoms with van der Waals surface area (Å²) in [6.45, 7) is 4.91. The Labute approximate surface area is 72.2 Å².